The molecule has 0 heterocycles. The Labute approximate surface area is 130 Å². The molecule has 22 heavy (non-hydrogen) atoms. The minimum absolute atomic E-state index is 0.353. The highest BCUT2D eigenvalue weighted by Crippen LogP contribution is 2.24. The largest absolute Gasteiger partial charge is 0.204 e. The van der Waals surface area contributed by atoms with Crippen LogP contribution in [0.2, 0.25) is 0 Å². The predicted octanol–water partition coefficient (Wildman–Crippen LogP) is 6.28. The molecule has 0 fully saturated rings. The fraction of sp³-hybridized carbons (Fsp3) is 0.368. The summed E-state index contributed by atoms with van der Waals surface area (Å²) in [5.74, 6) is -3.74. The fourth-order valence-electron chi connectivity index (χ4n) is 2.52. The molecule has 0 aromatic heterocycles. The molecule has 0 radical (unpaired) electrons. The maximum atomic E-state index is 13.3. The summed E-state index contributed by atoms with van der Waals surface area (Å²) < 4.78 is 39.5. The van der Waals surface area contributed by atoms with Crippen LogP contribution in [0.3, 0.4) is 0 Å². The van der Waals surface area contributed by atoms with Gasteiger partial charge >= 0.3 is 0 Å². The van der Waals surface area contributed by atoms with E-state index < -0.39 is 17.5 Å². The zero-order chi connectivity index (χ0) is 15.9. The molecular formula is C19H21F3. The smallest absolute Gasteiger partial charge is 0.194 e. The molecule has 0 saturated heterocycles. The van der Waals surface area contributed by atoms with Crippen LogP contribution in [-0.4, -0.2) is 0 Å². The van der Waals surface area contributed by atoms with Gasteiger partial charge in [-0.15, -0.1) is 0 Å². The lowest BCUT2D eigenvalue weighted by atomic mass is 10.0. The van der Waals surface area contributed by atoms with Gasteiger partial charge in [0, 0.05) is 0 Å². The lowest BCUT2D eigenvalue weighted by molar-refractivity contribution is 0.448. The second-order valence-electron chi connectivity index (χ2n) is 5.62. The highest BCUT2D eigenvalue weighted by molar-refractivity contribution is 5.63. The third-order valence-electron chi connectivity index (χ3n) is 3.84. The molecule has 0 aliphatic rings. The van der Waals surface area contributed by atoms with E-state index in [1.54, 1.807) is 0 Å². The maximum absolute atomic E-state index is 13.3. The fourth-order valence-corrected chi connectivity index (χ4v) is 2.52. The van der Waals surface area contributed by atoms with Crippen LogP contribution in [0.15, 0.2) is 36.4 Å². The van der Waals surface area contributed by atoms with Crippen molar-refractivity contribution >= 4 is 0 Å². The third-order valence-corrected chi connectivity index (χ3v) is 3.84. The van der Waals surface area contributed by atoms with Gasteiger partial charge in [0.1, 0.15) is 0 Å². The predicted molar refractivity (Wildman–Crippen MR) is 84.2 cm³/mol. The van der Waals surface area contributed by atoms with Gasteiger partial charge in [-0.1, -0.05) is 56.9 Å². The molecule has 0 amide bonds. The van der Waals surface area contributed by atoms with Crippen molar-refractivity contribution in [3.63, 3.8) is 0 Å². The van der Waals surface area contributed by atoms with Crippen molar-refractivity contribution in [3.05, 3.63) is 59.4 Å². The highest BCUT2D eigenvalue weighted by atomic mass is 19.2. The number of benzene rings is 2. The molecule has 2 rings (SSSR count). The first-order valence-corrected chi connectivity index (χ1v) is 7.85. The Morgan fingerprint density at radius 1 is 0.727 bits per heavy atom. The van der Waals surface area contributed by atoms with Crippen molar-refractivity contribution in [3.8, 4) is 11.1 Å². The van der Waals surface area contributed by atoms with E-state index in [1.807, 2.05) is 24.3 Å². The Kier molecular flexibility index (Phi) is 6.05. The zero-order valence-corrected chi connectivity index (χ0v) is 12.8. The van der Waals surface area contributed by atoms with E-state index in [2.05, 4.69) is 6.92 Å². The van der Waals surface area contributed by atoms with Crippen molar-refractivity contribution in [2.75, 3.05) is 0 Å². The van der Waals surface area contributed by atoms with Crippen LogP contribution in [0, 0.1) is 17.5 Å². The molecule has 0 unspecified atom stereocenters. The summed E-state index contributed by atoms with van der Waals surface area (Å²) in [6, 6.07) is 9.64. The second-order valence-corrected chi connectivity index (χ2v) is 5.62. The zero-order valence-electron chi connectivity index (χ0n) is 12.8. The summed E-state index contributed by atoms with van der Waals surface area (Å²) >= 11 is 0. The van der Waals surface area contributed by atoms with Crippen LogP contribution in [0.1, 0.15) is 44.6 Å². The Bertz CT molecular complexity index is 580. The number of aryl methyl sites for hydroxylation is 1. The van der Waals surface area contributed by atoms with E-state index in [1.165, 1.54) is 31.2 Å². The number of hydrogen-bond acceptors (Lipinski definition) is 0. The van der Waals surface area contributed by atoms with Crippen LogP contribution in [-0.2, 0) is 6.42 Å². The van der Waals surface area contributed by atoms with Crippen molar-refractivity contribution in [2.45, 2.75) is 45.4 Å². The first-order chi connectivity index (χ1) is 10.6. The van der Waals surface area contributed by atoms with Crippen molar-refractivity contribution in [1.29, 1.82) is 0 Å². The molecule has 2 aromatic rings. The van der Waals surface area contributed by atoms with Crippen LogP contribution < -0.4 is 0 Å². The number of halogens is 3. The van der Waals surface area contributed by atoms with Crippen molar-refractivity contribution in [1.82, 2.24) is 0 Å². The minimum atomic E-state index is -1.42. The van der Waals surface area contributed by atoms with Gasteiger partial charge in [0.2, 0.25) is 0 Å². The minimum Gasteiger partial charge on any atom is -0.204 e. The van der Waals surface area contributed by atoms with Gasteiger partial charge in [-0.3, -0.25) is 0 Å². The topological polar surface area (TPSA) is 0 Å². The van der Waals surface area contributed by atoms with E-state index in [0.29, 0.717) is 11.1 Å². The summed E-state index contributed by atoms with van der Waals surface area (Å²) in [6.07, 6.45) is 7.17. The lowest BCUT2D eigenvalue weighted by Gasteiger charge is -2.06. The molecular weight excluding hydrogens is 285 g/mol. The van der Waals surface area contributed by atoms with E-state index in [0.717, 1.165) is 25.0 Å². The molecule has 118 valence electrons. The quantitative estimate of drug-likeness (QED) is 0.417. The summed E-state index contributed by atoms with van der Waals surface area (Å²) in [4.78, 5) is 0. The summed E-state index contributed by atoms with van der Waals surface area (Å²) in [5.41, 5.74) is 2.25. The molecule has 0 aliphatic carbocycles. The Morgan fingerprint density at radius 3 is 1.91 bits per heavy atom. The molecule has 3 heteroatoms. The third kappa shape index (κ3) is 4.36. The van der Waals surface area contributed by atoms with Gasteiger partial charge in [-0.05, 0) is 41.7 Å². The van der Waals surface area contributed by atoms with Gasteiger partial charge in [0.25, 0.3) is 0 Å². The van der Waals surface area contributed by atoms with Crippen LogP contribution in [0.5, 0.6) is 0 Å². The number of unbranched alkanes of at least 4 members (excludes halogenated alkanes) is 4. The average Bonchev–Trinajstić information content (AvgIpc) is 2.52. The monoisotopic (exact) mass is 306 g/mol. The van der Waals surface area contributed by atoms with Gasteiger partial charge < -0.3 is 0 Å². The molecule has 0 spiro atoms. The lowest BCUT2D eigenvalue weighted by Crippen LogP contribution is -1.92. The standard InChI is InChI=1S/C19H21F3/c1-2-3-4-5-6-7-14-8-10-15(11-9-14)16-12-17(20)19(22)18(21)13-16/h8-13H,2-7H2,1H3. The second kappa shape index (κ2) is 8.02. The van der Waals surface area contributed by atoms with E-state index in [-0.39, 0.29) is 0 Å². The van der Waals surface area contributed by atoms with E-state index >= 15 is 0 Å². The normalized spacial score (nSPS) is 10.9. The molecule has 0 N–H and O–H groups in total. The summed E-state index contributed by atoms with van der Waals surface area (Å²) in [6.45, 7) is 2.19. The Hall–Kier alpha value is -1.77. The first kappa shape index (κ1) is 16.6. The molecule has 0 aliphatic heterocycles. The van der Waals surface area contributed by atoms with E-state index in [9.17, 15) is 13.2 Å². The molecule has 0 saturated carbocycles. The van der Waals surface area contributed by atoms with Crippen LogP contribution >= 0.6 is 0 Å². The van der Waals surface area contributed by atoms with Gasteiger partial charge in [-0.25, -0.2) is 13.2 Å². The SMILES string of the molecule is CCCCCCCc1ccc(-c2cc(F)c(F)c(F)c2)cc1. The van der Waals surface area contributed by atoms with Gasteiger partial charge in [-0.2, -0.15) is 0 Å². The maximum Gasteiger partial charge on any atom is 0.194 e. The molecule has 0 nitrogen and oxygen atoms in total. The van der Waals surface area contributed by atoms with Gasteiger partial charge in [0.15, 0.2) is 17.5 Å². The Balaban J connectivity index is 2.00. The van der Waals surface area contributed by atoms with Gasteiger partial charge in [0.05, 0.1) is 0 Å². The number of rotatable bonds is 7. The number of hydrogen-bond donors (Lipinski definition) is 0. The van der Waals surface area contributed by atoms with Crippen LogP contribution in [0.25, 0.3) is 11.1 Å². The molecule has 2 aromatic carbocycles. The summed E-state index contributed by atoms with van der Waals surface area (Å²) in [7, 11) is 0. The van der Waals surface area contributed by atoms with E-state index in [4.69, 9.17) is 0 Å². The van der Waals surface area contributed by atoms with Crippen LogP contribution in [0.4, 0.5) is 13.2 Å². The average molecular weight is 306 g/mol. The Morgan fingerprint density at radius 2 is 1.32 bits per heavy atom. The highest BCUT2D eigenvalue weighted by Gasteiger charge is 2.11. The summed E-state index contributed by atoms with van der Waals surface area (Å²) in [5, 5.41) is 0. The van der Waals surface area contributed by atoms with Crippen molar-refractivity contribution in [2.24, 2.45) is 0 Å². The molecule has 0 bridgehead atoms. The van der Waals surface area contributed by atoms with Crippen molar-refractivity contribution < 1.29 is 13.2 Å². The first-order valence-electron chi connectivity index (χ1n) is 7.85. The molecule has 0 atom stereocenters.